The molecule has 0 aliphatic heterocycles. The third kappa shape index (κ3) is 13.0. The van der Waals surface area contributed by atoms with Crippen molar-refractivity contribution < 1.29 is 0 Å². The molecular formula is C24H52ClP. The molecular weight excluding hydrogens is 355 g/mol. The van der Waals surface area contributed by atoms with Crippen molar-refractivity contribution in [1.29, 1.82) is 0 Å². The average Bonchev–Trinajstić information content (AvgIpc) is 2.68. The van der Waals surface area contributed by atoms with Gasteiger partial charge in [0.1, 0.15) is 0 Å². The van der Waals surface area contributed by atoms with Gasteiger partial charge in [-0.3, -0.25) is 0 Å². The van der Waals surface area contributed by atoms with Crippen molar-refractivity contribution in [2.24, 2.45) is 0 Å². The van der Waals surface area contributed by atoms with Crippen LogP contribution in [-0.4, -0.2) is 24.6 Å². The zero-order valence-electron chi connectivity index (χ0n) is 19.0. The number of hydrogen-bond acceptors (Lipinski definition) is 0. The quantitative estimate of drug-likeness (QED) is 0.139. The molecule has 0 saturated heterocycles. The molecule has 0 bridgehead atoms. The molecule has 0 aliphatic rings. The predicted molar refractivity (Wildman–Crippen MR) is 129 cm³/mol. The van der Waals surface area contributed by atoms with E-state index in [0.29, 0.717) is 0 Å². The van der Waals surface area contributed by atoms with Crippen LogP contribution < -0.4 is 0 Å². The second kappa shape index (κ2) is 16.7. The van der Waals surface area contributed by atoms with Gasteiger partial charge >= 0.3 is 133 Å². The van der Waals surface area contributed by atoms with Crippen LogP contribution in [0.25, 0.3) is 0 Å². The molecule has 0 aromatic carbocycles. The normalized spacial score (nSPS) is 13.7. The summed E-state index contributed by atoms with van der Waals surface area (Å²) in [5, 5.41) is 0. The Morgan fingerprint density at radius 3 is 0.962 bits per heavy atom. The van der Waals surface area contributed by atoms with E-state index in [1.807, 2.05) is 0 Å². The monoisotopic (exact) mass is 406 g/mol. The zero-order valence-corrected chi connectivity index (χ0v) is 20.6. The second-order valence-electron chi connectivity index (χ2n) is 8.80. The Labute approximate surface area is 172 Å². The van der Waals surface area contributed by atoms with Crippen LogP contribution in [0.5, 0.6) is 0 Å². The number of halogens is 1. The van der Waals surface area contributed by atoms with Gasteiger partial charge in [-0.15, -0.1) is 0 Å². The summed E-state index contributed by atoms with van der Waals surface area (Å²) in [6.45, 7) is 9.27. The van der Waals surface area contributed by atoms with Crippen LogP contribution in [0.3, 0.4) is 0 Å². The van der Waals surface area contributed by atoms with E-state index in [-0.39, 0.29) is 0 Å². The van der Waals surface area contributed by atoms with Crippen LogP contribution in [0.1, 0.15) is 130 Å². The van der Waals surface area contributed by atoms with Crippen LogP contribution in [0, 0.1) is 0 Å². The first-order valence-corrected chi connectivity index (χ1v) is 16.1. The summed E-state index contributed by atoms with van der Waals surface area (Å²) in [7, 11) is 0. The number of rotatable bonds is 20. The van der Waals surface area contributed by atoms with Gasteiger partial charge in [0.15, 0.2) is 0 Å². The SMILES string of the molecule is CCCCCCCCCCCCCCCCCCP(Cl)(CC)(CC)CC. The molecule has 0 aromatic rings. The fourth-order valence-corrected chi connectivity index (χ4v) is 7.86. The van der Waals surface area contributed by atoms with Crippen LogP contribution in [0.2, 0.25) is 0 Å². The maximum atomic E-state index is 7.15. The summed E-state index contributed by atoms with van der Waals surface area (Å²) in [4.78, 5) is 0. The molecule has 0 radical (unpaired) electrons. The Bertz CT molecular complexity index is 288. The standard InChI is InChI=1S/C24H52ClP/c1-5-9-10-11-12-13-14-15-16-17-18-19-20-21-22-23-24-26(25,6-2,7-3)8-4/h5-24H2,1-4H3. The van der Waals surface area contributed by atoms with Crippen molar-refractivity contribution in [3.8, 4) is 0 Å². The molecule has 0 spiro atoms. The Morgan fingerprint density at radius 1 is 0.423 bits per heavy atom. The van der Waals surface area contributed by atoms with E-state index in [0.717, 1.165) is 0 Å². The molecule has 0 nitrogen and oxygen atoms in total. The van der Waals surface area contributed by atoms with Crippen molar-refractivity contribution in [2.45, 2.75) is 130 Å². The third-order valence-corrected chi connectivity index (χ3v) is 15.8. The van der Waals surface area contributed by atoms with Gasteiger partial charge in [0, 0.05) is 0 Å². The van der Waals surface area contributed by atoms with Gasteiger partial charge in [-0.2, -0.15) is 0 Å². The predicted octanol–water partition coefficient (Wildman–Crippen LogP) is 10.0. The van der Waals surface area contributed by atoms with Crippen molar-refractivity contribution in [2.75, 3.05) is 24.6 Å². The number of unbranched alkanes of at least 4 members (excludes halogenated alkanes) is 15. The van der Waals surface area contributed by atoms with Gasteiger partial charge in [0.2, 0.25) is 0 Å². The second-order valence-corrected chi connectivity index (χ2v) is 17.6. The minimum absolute atomic E-state index is 1.24. The van der Waals surface area contributed by atoms with Gasteiger partial charge in [-0.05, 0) is 0 Å². The molecule has 0 heterocycles. The summed E-state index contributed by atoms with van der Waals surface area (Å²) in [6.07, 6.45) is 28.2. The Kier molecular flexibility index (Phi) is 17.1. The minimum atomic E-state index is -1.83. The Hall–Kier alpha value is 0.720. The Morgan fingerprint density at radius 2 is 0.692 bits per heavy atom. The first-order chi connectivity index (χ1) is 12.5. The van der Waals surface area contributed by atoms with E-state index in [4.69, 9.17) is 11.2 Å². The molecule has 0 fully saturated rings. The molecule has 160 valence electrons. The van der Waals surface area contributed by atoms with E-state index in [2.05, 4.69) is 27.7 Å². The molecule has 0 unspecified atom stereocenters. The van der Waals surface area contributed by atoms with Crippen molar-refractivity contribution in [1.82, 2.24) is 0 Å². The van der Waals surface area contributed by atoms with Crippen LogP contribution in [0.4, 0.5) is 0 Å². The average molecular weight is 407 g/mol. The fourth-order valence-electron chi connectivity index (χ4n) is 4.20. The topological polar surface area (TPSA) is 0 Å². The molecule has 2 heteroatoms. The summed E-state index contributed by atoms with van der Waals surface area (Å²) >= 11 is 7.15. The summed E-state index contributed by atoms with van der Waals surface area (Å²) in [5.41, 5.74) is 0. The van der Waals surface area contributed by atoms with E-state index in [9.17, 15) is 0 Å². The van der Waals surface area contributed by atoms with Gasteiger partial charge in [0.05, 0.1) is 0 Å². The first-order valence-electron chi connectivity index (χ1n) is 12.3. The van der Waals surface area contributed by atoms with Gasteiger partial charge in [0.25, 0.3) is 0 Å². The molecule has 26 heavy (non-hydrogen) atoms. The van der Waals surface area contributed by atoms with E-state index >= 15 is 0 Å². The fraction of sp³-hybridized carbons (Fsp3) is 1.00. The third-order valence-electron chi connectivity index (χ3n) is 6.94. The van der Waals surface area contributed by atoms with E-state index in [1.165, 1.54) is 127 Å². The number of hydrogen-bond donors (Lipinski definition) is 0. The summed E-state index contributed by atoms with van der Waals surface area (Å²) in [5.74, 6) is -1.83. The van der Waals surface area contributed by atoms with Crippen LogP contribution >= 0.6 is 17.2 Å². The summed E-state index contributed by atoms with van der Waals surface area (Å²) < 4.78 is 0. The van der Waals surface area contributed by atoms with Crippen LogP contribution in [-0.2, 0) is 0 Å². The first kappa shape index (κ1) is 26.7. The molecule has 0 N–H and O–H groups in total. The van der Waals surface area contributed by atoms with Crippen molar-refractivity contribution in [3.05, 3.63) is 0 Å². The maximum absolute atomic E-state index is 7.15. The molecule has 0 saturated carbocycles. The van der Waals surface area contributed by atoms with E-state index in [1.54, 1.807) is 0 Å². The molecule has 0 rings (SSSR count). The molecule has 0 aromatic heterocycles. The zero-order chi connectivity index (χ0) is 19.6. The van der Waals surface area contributed by atoms with E-state index < -0.39 is 5.96 Å². The van der Waals surface area contributed by atoms with Crippen molar-refractivity contribution >= 4 is 17.2 Å². The molecule has 0 atom stereocenters. The molecule has 0 aliphatic carbocycles. The Balaban J connectivity index is 3.34. The summed E-state index contributed by atoms with van der Waals surface area (Å²) in [6, 6.07) is 0. The van der Waals surface area contributed by atoms with Gasteiger partial charge in [-0.1, -0.05) is 39.0 Å². The van der Waals surface area contributed by atoms with Gasteiger partial charge in [-0.25, -0.2) is 0 Å². The van der Waals surface area contributed by atoms with Gasteiger partial charge < -0.3 is 0 Å². The molecule has 0 amide bonds. The van der Waals surface area contributed by atoms with Crippen molar-refractivity contribution in [3.63, 3.8) is 0 Å². The van der Waals surface area contributed by atoms with Crippen LogP contribution in [0.15, 0.2) is 0 Å².